The van der Waals surface area contributed by atoms with Crippen LogP contribution < -0.4 is 0 Å². The Hall–Kier alpha value is 1.30. The predicted molar refractivity (Wildman–Crippen MR) is 40.6 cm³/mol. The van der Waals surface area contributed by atoms with Crippen molar-refractivity contribution in [3.8, 4) is 0 Å². The molecule has 0 radical (unpaired) electrons. The quantitative estimate of drug-likeness (QED) is 0.501. The molecule has 0 amide bonds. The van der Waals surface area contributed by atoms with Crippen LogP contribution in [0.3, 0.4) is 0 Å². The van der Waals surface area contributed by atoms with Crippen molar-refractivity contribution in [2.45, 2.75) is 13.0 Å². The van der Waals surface area contributed by atoms with Crippen molar-refractivity contribution in [3.05, 3.63) is 0 Å². The Morgan fingerprint density at radius 3 is 2.60 bits per heavy atom. The minimum absolute atomic E-state index is 0.335. The minimum atomic E-state index is 0.335. The molecule has 0 atom stereocenters. The first kappa shape index (κ1) is 6.30. The van der Waals surface area contributed by atoms with Gasteiger partial charge in [-0.15, -0.1) is 8.38 Å². The molecular weight excluding hydrogens is 211 g/mol. The maximum atomic E-state index is 2.37. The van der Waals surface area contributed by atoms with E-state index in [0.717, 1.165) is 0 Å². The summed E-state index contributed by atoms with van der Waals surface area (Å²) in [5.74, 6) is 0. The van der Waals surface area contributed by atoms with Gasteiger partial charge < -0.3 is 0 Å². The first-order chi connectivity index (χ1) is 2.41. The van der Waals surface area contributed by atoms with E-state index in [1.165, 1.54) is 6.04 Å². The van der Waals surface area contributed by atoms with Crippen LogP contribution in [0.4, 0.5) is 0 Å². The highest BCUT2D eigenvalue weighted by molar-refractivity contribution is 14.2. The Morgan fingerprint density at radius 1 is 2.00 bits per heavy atom. The largest absolute Gasteiger partial charge is 0.124 e. The van der Waals surface area contributed by atoms with Crippen LogP contribution in [0.15, 0.2) is 0 Å². The molecule has 0 aliphatic carbocycles. The summed E-state index contributed by atoms with van der Waals surface area (Å²) in [7, 11) is 2.35. The molecule has 0 aromatic carbocycles. The molecule has 0 saturated carbocycles. The Kier molecular flexibility index (Phi) is 6.67. The minimum Gasteiger partial charge on any atom is -0.124 e. The van der Waals surface area contributed by atoms with E-state index in [4.69, 9.17) is 0 Å². The lowest BCUT2D eigenvalue weighted by atomic mass is 11.0. The standard InChI is InChI=1S/C2H7ISSi/c1-2-5-4-3/h2,5H2,1H3. The van der Waals surface area contributed by atoms with Gasteiger partial charge in [0.15, 0.2) is 0 Å². The molecule has 0 rings (SSSR count). The fourth-order valence-corrected chi connectivity index (χ4v) is 4.66. The van der Waals surface area contributed by atoms with Gasteiger partial charge in [-0.25, -0.2) is 0 Å². The molecule has 0 aliphatic rings. The second kappa shape index (κ2) is 5.30. The van der Waals surface area contributed by atoms with Crippen molar-refractivity contribution < 1.29 is 0 Å². The molecule has 0 N–H and O–H groups in total. The van der Waals surface area contributed by atoms with E-state index in [-0.39, 0.29) is 0 Å². The van der Waals surface area contributed by atoms with Crippen LogP contribution in [0.2, 0.25) is 6.04 Å². The molecule has 5 heavy (non-hydrogen) atoms. The summed E-state index contributed by atoms with van der Waals surface area (Å²) in [4.78, 5) is 0. The lowest BCUT2D eigenvalue weighted by Crippen LogP contribution is -1.66. The molecule has 0 heterocycles. The van der Waals surface area contributed by atoms with Crippen LogP contribution >= 0.6 is 29.6 Å². The topological polar surface area (TPSA) is 0 Å². The molecule has 0 fully saturated rings. The zero-order valence-corrected chi connectivity index (χ0v) is 7.59. The van der Waals surface area contributed by atoms with Gasteiger partial charge in [0.1, 0.15) is 0 Å². The summed E-state index contributed by atoms with van der Waals surface area (Å²) in [6.07, 6.45) is 0. The summed E-state index contributed by atoms with van der Waals surface area (Å²) in [6, 6.07) is 1.44. The highest BCUT2D eigenvalue weighted by Crippen LogP contribution is 2.08. The maximum Gasteiger partial charge on any atom is 0.0987 e. The monoisotopic (exact) mass is 218 g/mol. The molecule has 0 aromatic heterocycles. The Morgan fingerprint density at radius 2 is 2.60 bits per heavy atom. The summed E-state index contributed by atoms with van der Waals surface area (Å²) in [5, 5.41) is 0. The average molecular weight is 218 g/mol. The first-order valence-corrected chi connectivity index (χ1v) is 7.91. The molecule has 0 unspecified atom stereocenters. The Balaban J connectivity index is 2.19. The van der Waals surface area contributed by atoms with Crippen LogP contribution in [0, 0.1) is 0 Å². The van der Waals surface area contributed by atoms with Crippen LogP contribution in [0.5, 0.6) is 0 Å². The lowest BCUT2D eigenvalue weighted by Gasteiger charge is -1.75. The molecule has 32 valence electrons. The van der Waals surface area contributed by atoms with Gasteiger partial charge in [0.25, 0.3) is 0 Å². The molecule has 0 bridgehead atoms. The van der Waals surface area contributed by atoms with Gasteiger partial charge >= 0.3 is 0 Å². The normalized spacial score (nSPS) is 10.8. The summed E-state index contributed by atoms with van der Waals surface area (Å²) < 4.78 is 0. The first-order valence-electron chi connectivity index (χ1n) is 1.65. The van der Waals surface area contributed by atoms with Gasteiger partial charge in [-0.05, 0) is 21.2 Å². The average Bonchev–Trinajstić information content (AvgIpc) is 1.41. The van der Waals surface area contributed by atoms with E-state index >= 15 is 0 Å². The van der Waals surface area contributed by atoms with Crippen LogP contribution in [0.1, 0.15) is 6.92 Å². The van der Waals surface area contributed by atoms with E-state index < -0.39 is 0 Å². The summed E-state index contributed by atoms with van der Waals surface area (Å²) in [6.45, 7) is 2.25. The van der Waals surface area contributed by atoms with Crippen molar-refractivity contribution in [2.24, 2.45) is 0 Å². The summed E-state index contributed by atoms with van der Waals surface area (Å²) in [5.41, 5.74) is 0. The van der Waals surface area contributed by atoms with Gasteiger partial charge in [0.05, 0.1) is 8.67 Å². The Labute approximate surface area is 51.2 Å². The second-order valence-electron chi connectivity index (χ2n) is 0.813. The predicted octanol–water partition coefficient (Wildman–Crippen LogP) is 1.59. The highest BCUT2D eigenvalue weighted by Gasteiger charge is 1.72. The van der Waals surface area contributed by atoms with Crippen molar-refractivity contribution in [1.82, 2.24) is 0 Å². The molecular formula is C2H7ISSi. The number of rotatable bonds is 2. The van der Waals surface area contributed by atoms with Gasteiger partial charge in [0.2, 0.25) is 0 Å². The van der Waals surface area contributed by atoms with E-state index in [2.05, 4.69) is 28.1 Å². The molecule has 0 nitrogen and oxygen atoms in total. The number of hydrogen-bond acceptors (Lipinski definition) is 1. The second-order valence-corrected chi connectivity index (χ2v) is 9.92. The SMILES string of the molecule is CC[SiH2]SI. The highest BCUT2D eigenvalue weighted by atomic mass is 127. The third-order valence-electron chi connectivity index (χ3n) is 0.281. The third-order valence-corrected chi connectivity index (χ3v) is 6.50. The molecule has 0 aromatic rings. The Bertz CT molecular complexity index is 17.1. The van der Waals surface area contributed by atoms with Crippen molar-refractivity contribution in [1.29, 1.82) is 0 Å². The van der Waals surface area contributed by atoms with Crippen molar-refractivity contribution >= 4 is 38.3 Å². The van der Waals surface area contributed by atoms with Gasteiger partial charge in [-0.3, -0.25) is 0 Å². The summed E-state index contributed by atoms with van der Waals surface area (Å²) >= 11 is 2.37. The third kappa shape index (κ3) is 5.30. The fraction of sp³-hybridized carbons (Fsp3) is 1.00. The zero-order valence-electron chi connectivity index (χ0n) is 3.20. The smallest absolute Gasteiger partial charge is 0.0987 e. The van der Waals surface area contributed by atoms with Crippen molar-refractivity contribution in [2.75, 3.05) is 0 Å². The van der Waals surface area contributed by atoms with Crippen molar-refractivity contribution in [3.63, 3.8) is 0 Å². The van der Waals surface area contributed by atoms with E-state index in [1.807, 2.05) is 8.38 Å². The van der Waals surface area contributed by atoms with Crippen LogP contribution in [-0.4, -0.2) is 8.67 Å². The number of hydrogen-bond donors (Lipinski definition) is 0. The lowest BCUT2D eigenvalue weighted by molar-refractivity contribution is 1.48. The zero-order chi connectivity index (χ0) is 4.12. The van der Waals surface area contributed by atoms with Crippen LogP contribution in [0.25, 0.3) is 0 Å². The van der Waals surface area contributed by atoms with E-state index in [0.29, 0.717) is 8.67 Å². The molecule has 3 heteroatoms. The molecule has 0 saturated heterocycles. The van der Waals surface area contributed by atoms with E-state index in [9.17, 15) is 0 Å². The molecule has 0 aliphatic heterocycles. The van der Waals surface area contributed by atoms with Gasteiger partial charge in [-0.1, -0.05) is 13.0 Å². The maximum absolute atomic E-state index is 2.37. The number of halogens is 1. The van der Waals surface area contributed by atoms with Gasteiger partial charge in [-0.2, -0.15) is 0 Å². The fourth-order valence-electron chi connectivity index (χ4n) is 0.0772. The van der Waals surface area contributed by atoms with Gasteiger partial charge in [0, 0.05) is 0 Å². The van der Waals surface area contributed by atoms with Crippen LogP contribution in [-0.2, 0) is 0 Å². The molecule has 0 spiro atoms. The van der Waals surface area contributed by atoms with E-state index in [1.54, 1.807) is 0 Å².